The Kier molecular flexibility index (Phi) is 4.14. The van der Waals surface area contributed by atoms with E-state index in [1.54, 1.807) is 22.7 Å². The van der Waals surface area contributed by atoms with Gasteiger partial charge in [0.1, 0.15) is 5.01 Å². The minimum Gasteiger partial charge on any atom is -0.481 e. The molecule has 3 nitrogen and oxygen atoms in total. The highest BCUT2D eigenvalue weighted by Crippen LogP contribution is 2.51. The number of rotatable bonds is 7. The van der Waals surface area contributed by atoms with Gasteiger partial charge in [-0.15, -0.1) is 11.3 Å². The number of nitrogens with zero attached hydrogens (tertiary/aromatic N) is 1. The molecule has 0 radical (unpaired) electrons. The van der Waals surface area contributed by atoms with Gasteiger partial charge in [-0.05, 0) is 35.5 Å². The number of hydrogen-bond donors (Lipinski definition) is 1. The highest BCUT2D eigenvalue weighted by Gasteiger charge is 2.44. The third kappa shape index (κ3) is 3.42. The Balaban J connectivity index is 1.51. The van der Waals surface area contributed by atoms with Gasteiger partial charge in [0.15, 0.2) is 0 Å². The summed E-state index contributed by atoms with van der Waals surface area (Å²) in [5.41, 5.74) is 2.37. The van der Waals surface area contributed by atoms with E-state index in [2.05, 4.69) is 27.2 Å². The molecule has 0 amide bonds. The van der Waals surface area contributed by atoms with Crippen LogP contribution in [-0.2, 0) is 10.5 Å². The fourth-order valence-corrected chi connectivity index (χ4v) is 5.05. The first-order valence-corrected chi connectivity index (χ1v) is 9.41. The quantitative estimate of drug-likeness (QED) is 0.822. The summed E-state index contributed by atoms with van der Waals surface area (Å²) in [6.07, 6.45) is 2.43. The molecule has 1 saturated carbocycles. The Hall–Kier alpha value is -0.850. The lowest BCUT2D eigenvalue weighted by Crippen LogP contribution is -2.11. The Morgan fingerprint density at radius 3 is 2.95 bits per heavy atom. The molecule has 2 heterocycles. The van der Waals surface area contributed by atoms with Crippen LogP contribution in [0.15, 0.2) is 22.2 Å². The molecular weight excluding hydrogens is 310 g/mol. The van der Waals surface area contributed by atoms with Crippen molar-refractivity contribution in [1.29, 1.82) is 0 Å². The third-order valence-corrected chi connectivity index (χ3v) is 6.40. The van der Waals surface area contributed by atoms with E-state index < -0.39 is 5.97 Å². The van der Waals surface area contributed by atoms with Crippen LogP contribution in [0.4, 0.5) is 0 Å². The molecule has 2 aromatic rings. The molecule has 0 unspecified atom stereocenters. The molecule has 1 fully saturated rings. The number of thiazole rings is 1. The van der Waals surface area contributed by atoms with Crippen molar-refractivity contribution in [1.82, 2.24) is 4.98 Å². The molecule has 3 rings (SSSR count). The Labute approximate surface area is 130 Å². The van der Waals surface area contributed by atoms with E-state index in [0.29, 0.717) is 6.42 Å². The van der Waals surface area contributed by atoms with Crippen LogP contribution in [-0.4, -0.2) is 21.8 Å². The van der Waals surface area contributed by atoms with Crippen LogP contribution >= 0.6 is 34.4 Å². The molecular formula is C14H15NO2S3. The first-order valence-electron chi connectivity index (χ1n) is 6.43. The molecule has 0 aromatic carbocycles. The average molecular weight is 325 g/mol. The van der Waals surface area contributed by atoms with Crippen LogP contribution in [0.3, 0.4) is 0 Å². The van der Waals surface area contributed by atoms with Crippen molar-refractivity contribution in [2.75, 3.05) is 5.75 Å². The standard InChI is InChI=1S/C14H15NO2S3/c16-12(17)5-14(2-3-14)9-19-7-11-8-20-13(15-11)10-1-4-18-6-10/h1,4,6,8H,2-3,5,7,9H2,(H,16,17). The van der Waals surface area contributed by atoms with E-state index >= 15 is 0 Å². The van der Waals surface area contributed by atoms with Crippen molar-refractivity contribution in [3.63, 3.8) is 0 Å². The van der Waals surface area contributed by atoms with Crippen molar-refractivity contribution in [3.05, 3.63) is 27.9 Å². The predicted molar refractivity (Wildman–Crippen MR) is 85.5 cm³/mol. The highest BCUT2D eigenvalue weighted by molar-refractivity contribution is 7.98. The average Bonchev–Trinajstić information content (AvgIpc) is 2.86. The number of aromatic nitrogens is 1. The molecule has 6 heteroatoms. The van der Waals surface area contributed by atoms with Crippen LogP contribution in [0.25, 0.3) is 10.6 Å². The van der Waals surface area contributed by atoms with Crippen molar-refractivity contribution in [2.45, 2.75) is 25.0 Å². The number of carbonyl (C=O) groups is 1. The molecule has 1 N–H and O–H groups in total. The summed E-state index contributed by atoms with van der Waals surface area (Å²) in [5, 5.41) is 16.3. The van der Waals surface area contributed by atoms with E-state index in [9.17, 15) is 4.79 Å². The SMILES string of the molecule is O=C(O)CC1(CSCc2csc(-c3ccsc3)n2)CC1. The maximum absolute atomic E-state index is 10.8. The largest absolute Gasteiger partial charge is 0.481 e. The van der Waals surface area contributed by atoms with Gasteiger partial charge in [0.05, 0.1) is 12.1 Å². The number of aliphatic carboxylic acids is 1. The van der Waals surface area contributed by atoms with Crippen LogP contribution < -0.4 is 0 Å². The van der Waals surface area contributed by atoms with Gasteiger partial charge in [0.2, 0.25) is 0 Å². The van der Waals surface area contributed by atoms with E-state index in [4.69, 9.17) is 5.11 Å². The normalized spacial score (nSPS) is 16.2. The van der Waals surface area contributed by atoms with Gasteiger partial charge >= 0.3 is 5.97 Å². The summed E-state index contributed by atoms with van der Waals surface area (Å²) in [5.74, 6) is 1.14. The second kappa shape index (κ2) is 5.87. The van der Waals surface area contributed by atoms with Crippen molar-refractivity contribution in [2.24, 2.45) is 5.41 Å². The molecule has 106 valence electrons. The topological polar surface area (TPSA) is 50.2 Å². The minimum absolute atomic E-state index is 0.0721. The van der Waals surface area contributed by atoms with Crippen LogP contribution in [0.1, 0.15) is 25.0 Å². The molecule has 0 saturated heterocycles. The Morgan fingerprint density at radius 2 is 2.30 bits per heavy atom. The number of carboxylic acid groups (broad SMARTS) is 1. The van der Waals surface area contributed by atoms with Gasteiger partial charge in [-0.2, -0.15) is 23.1 Å². The molecule has 2 aromatic heterocycles. The summed E-state index contributed by atoms with van der Waals surface area (Å²) >= 11 is 5.18. The summed E-state index contributed by atoms with van der Waals surface area (Å²) in [6.45, 7) is 0. The van der Waals surface area contributed by atoms with Crippen molar-refractivity contribution in [3.8, 4) is 10.6 Å². The van der Waals surface area contributed by atoms with Crippen LogP contribution in [0.2, 0.25) is 0 Å². The third-order valence-electron chi connectivity index (χ3n) is 3.46. The summed E-state index contributed by atoms with van der Waals surface area (Å²) in [6, 6.07) is 2.09. The zero-order valence-electron chi connectivity index (χ0n) is 10.9. The predicted octanol–water partition coefficient (Wildman–Crippen LogP) is 4.36. The first-order chi connectivity index (χ1) is 9.67. The lowest BCUT2D eigenvalue weighted by atomic mass is 10.1. The number of thioether (sulfide) groups is 1. The second-order valence-electron chi connectivity index (χ2n) is 5.22. The van der Waals surface area contributed by atoms with E-state index in [-0.39, 0.29) is 5.41 Å². The van der Waals surface area contributed by atoms with Crippen molar-refractivity contribution >= 4 is 40.4 Å². The molecule has 20 heavy (non-hydrogen) atoms. The molecule has 1 aliphatic carbocycles. The van der Waals surface area contributed by atoms with E-state index in [1.807, 2.05) is 11.8 Å². The smallest absolute Gasteiger partial charge is 0.303 e. The zero-order valence-corrected chi connectivity index (χ0v) is 13.3. The van der Waals surface area contributed by atoms with Crippen LogP contribution in [0.5, 0.6) is 0 Å². The molecule has 0 spiro atoms. The molecule has 0 bridgehead atoms. The zero-order chi connectivity index (χ0) is 14.0. The monoisotopic (exact) mass is 325 g/mol. The van der Waals surface area contributed by atoms with E-state index in [0.717, 1.165) is 35.0 Å². The van der Waals surface area contributed by atoms with E-state index in [1.165, 1.54) is 5.56 Å². The van der Waals surface area contributed by atoms with Gasteiger partial charge < -0.3 is 5.11 Å². The van der Waals surface area contributed by atoms with Crippen molar-refractivity contribution < 1.29 is 9.90 Å². The Bertz CT molecular complexity index is 587. The van der Waals surface area contributed by atoms with Gasteiger partial charge in [0, 0.05) is 22.1 Å². The molecule has 0 aliphatic heterocycles. The van der Waals surface area contributed by atoms with Crippen LogP contribution in [0, 0.1) is 5.41 Å². The maximum atomic E-state index is 10.8. The highest BCUT2D eigenvalue weighted by atomic mass is 32.2. The fourth-order valence-electron chi connectivity index (χ4n) is 2.13. The summed E-state index contributed by atoms with van der Waals surface area (Å²) < 4.78 is 0. The number of thiophene rings is 1. The van der Waals surface area contributed by atoms with Gasteiger partial charge in [-0.3, -0.25) is 4.79 Å². The van der Waals surface area contributed by atoms with Gasteiger partial charge in [-0.25, -0.2) is 4.98 Å². The molecule has 1 aliphatic rings. The Morgan fingerprint density at radius 1 is 1.45 bits per heavy atom. The van der Waals surface area contributed by atoms with Gasteiger partial charge in [-0.1, -0.05) is 0 Å². The number of hydrogen-bond acceptors (Lipinski definition) is 5. The maximum Gasteiger partial charge on any atom is 0.303 e. The molecule has 0 atom stereocenters. The van der Waals surface area contributed by atoms with Gasteiger partial charge in [0.25, 0.3) is 0 Å². The summed E-state index contributed by atoms with van der Waals surface area (Å²) in [7, 11) is 0. The minimum atomic E-state index is -0.670. The fraction of sp³-hybridized carbons (Fsp3) is 0.429. The lowest BCUT2D eigenvalue weighted by Gasteiger charge is -2.10. The number of carboxylic acids is 1. The second-order valence-corrected chi connectivity index (χ2v) is 7.84. The lowest BCUT2D eigenvalue weighted by molar-refractivity contribution is -0.138. The first kappa shape index (κ1) is 14.1. The summed E-state index contributed by atoms with van der Waals surface area (Å²) in [4.78, 5) is 15.4.